The smallest absolute Gasteiger partial charge is 0.319 e. The first-order valence-corrected chi connectivity index (χ1v) is 9.01. The normalized spacial score (nSPS) is 14.6. The lowest BCUT2D eigenvalue weighted by molar-refractivity contribution is 0.0322. The Morgan fingerprint density at radius 2 is 1.93 bits per heavy atom. The maximum absolute atomic E-state index is 12.9. The second-order valence-electron chi connectivity index (χ2n) is 6.26. The van der Waals surface area contributed by atoms with E-state index in [4.69, 9.17) is 9.47 Å². The van der Waals surface area contributed by atoms with E-state index in [0.29, 0.717) is 18.8 Å². The third-order valence-electron chi connectivity index (χ3n) is 4.23. The Morgan fingerprint density at radius 1 is 1.15 bits per heavy atom. The summed E-state index contributed by atoms with van der Waals surface area (Å²) in [6.07, 6.45) is 0. The van der Waals surface area contributed by atoms with Crippen molar-refractivity contribution in [3.8, 4) is 5.75 Å². The fraction of sp³-hybridized carbons (Fsp3) is 0.350. The number of benzene rings is 2. The quantitative estimate of drug-likeness (QED) is 0.783. The van der Waals surface area contributed by atoms with Gasteiger partial charge in [0.25, 0.3) is 0 Å². The van der Waals surface area contributed by atoms with Crippen LogP contribution in [0.3, 0.4) is 0 Å². The Balaban J connectivity index is 1.41. The van der Waals surface area contributed by atoms with Crippen molar-refractivity contribution in [3.63, 3.8) is 0 Å². The van der Waals surface area contributed by atoms with Gasteiger partial charge in [0.05, 0.1) is 13.2 Å². The SMILES string of the molecule is O=C(NCc1cccc(OCCN2CCOCC2)c1)Nc1ccc(F)cc1. The summed E-state index contributed by atoms with van der Waals surface area (Å²) in [6.45, 7) is 5.29. The number of rotatable bonds is 7. The largest absolute Gasteiger partial charge is 0.492 e. The predicted octanol–water partition coefficient (Wildman–Crippen LogP) is 2.86. The number of carbonyl (C=O) groups is 1. The van der Waals surface area contributed by atoms with E-state index in [1.807, 2.05) is 24.3 Å². The summed E-state index contributed by atoms with van der Waals surface area (Å²) in [4.78, 5) is 14.3. The lowest BCUT2D eigenvalue weighted by atomic mass is 10.2. The number of anilines is 1. The van der Waals surface area contributed by atoms with Crippen LogP contribution in [0, 0.1) is 5.82 Å². The molecule has 0 spiro atoms. The zero-order valence-corrected chi connectivity index (χ0v) is 15.1. The van der Waals surface area contributed by atoms with Gasteiger partial charge in [0, 0.05) is 31.9 Å². The Morgan fingerprint density at radius 3 is 2.70 bits per heavy atom. The molecule has 144 valence electrons. The second-order valence-corrected chi connectivity index (χ2v) is 6.26. The average Bonchev–Trinajstić information content (AvgIpc) is 2.69. The number of halogens is 1. The summed E-state index contributed by atoms with van der Waals surface area (Å²) in [6, 6.07) is 12.9. The highest BCUT2D eigenvalue weighted by Gasteiger charge is 2.10. The van der Waals surface area contributed by atoms with Gasteiger partial charge in [-0.25, -0.2) is 9.18 Å². The molecule has 2 aromatic carbocycles. The van der Waals surface area contributed by atoms with E-state index in [9.17, 15) is 9.18 Å². The van der Waals surface area contributed by atoms with Crippen LogP contribution in [0.25, 0.3) is 0 Å². The van der Waals surface area contributed by atoms with Crippen molar-refractivity contribution >= 4 is 11.7 Å². The second kappa shape index (κ2) is 9.89. The van der Waals surface area contributed by atoms with Crippen molar-refractivity contribution in [1.82, 2.24) is 10.2 Å². The van der Waals surface area contributed by atoms with Crippen LogP contribution in [0.2, 0.25) is 0 Å². The lowest BCUT2D eigenvalue weighted by Crippen LogP contribution is -2.38. The van der Waals surface area contributed by atoms with Gasteiger partial charge in [-0.1, -0.05) is 12.1 Å². The number of hydrogen-bond acceptors (Lipinski definition) is 4. The van der Waals surface area contributed by atoms with Crippen LogP contribution in [0.4, 0.5) is 14.9 Å². The molecule has 0 radical (unpaired) electrons. The van der Waals surface area contributed by atoms with Crippen LogP contribution in [-0.4, -0.2) is 50.4 Å². The van der Waals surface area contributed by atoms with Gasteiger partial charge in [0.1, 0.15) is 18.2 Å². The van der Waals surface area contributed by atoms with Crippen LogP contribution in [0.1, 0.15) is 5.56 Å². The molecule has 0 saturated carbocycles. The van der Waals surface area contributed by atoms with E-state index in [1.165, 1.54) is 24.3 Å². The average molecular weight is 373 g/mol. The topological polar surface area (TPSA) is 62.8 Å². The molecule has 1 aliphatic heterocycles. The summed E-state index contributed by atoms with van der Waals surface area (Å²) < 4.78 is 24.0. The molecule has 7 heteroatoms. The Kier molecular flexibility index (Phi) is 7.01. The molecule has 0 aromatic heterocycles. The Hall–Kier alpha value is -2.64. The molecule has 1 saturated heterocycles. The first-order valence-electron chi connectivity index (χ1n) is 9.01. The van der Waals surface area contributed by atoms with Crippen LogP contribution in [-0.2, 0) is 11.3 Å². The maximum Gasteiger partial charge on any atom is 0.319 e. The molecule has 0 aliphatic carbocycles. The van der Waals surface area contributed by atoms with E-state index in [0.717, 1.165) is 44.2 Å². The fourth-order valence-corrected chi connectivity index (χ4v) is 2.75. The van der Waals surface area contributed by atoms with Gasteiger partial charge < -0.3 is 20.1 Å². The number of urea groups is 1. The Labute approximate surface area is 158 Å². The maximum atomic E-state index is 12.9. The zero-order valence-electron chi connectivity index (χ0n) is 15.1. The van der Waals surface area contributed by atoms with Crippen molar-refractivity contribution in [3.05, 3.63) is 59.9 Å². The van der Waals surface area contributed by atoms with E-state index in [-0.39, 0.29) is 11.8 Å². The van der Waals surface area contributed by atoms with E-state index >= 15 is 0 Å². The molecular formula is C20H24FN3O3. The molecule has 0 atom stereocenters. The molecule has 0 bridgehead atoms. The predicted molar refractivity (Wildman–Crippen MR) is 101 cm³/mol. The van der Waals surface area contributed by atoms with Crippen LogP contribution in [0.5, 0.6) is 5.75 Å². The molecule has 0 unspecified atom stereocenters. The van der Waals surface area contributed by atoms with Crippen LogP contribution >= 0.6 is 0 Å². The summed E-state index contributed by atoms with van der Waals surface area (Å²) in [5.41, 5.74) is 1.47. The fourth-order valence-electron chi connectivity index (χ4n) is 2.75. The van der Waals surface area contributed by atoms with Crippen LogP contribution in [0.15, 0.2) is 48.5 Å². The highest BCUT2D eigenvalue weighted by atomic mass is 19.1. The molecule has 3 rings (SSSR count). The Bertz CT molecular complexity index is 734. The molecule has 2 amide bonds. The molecule has 1 heterocycles. The number of carbonyl (C=O) groups excluding carboxylic acids is 1. The van der Waals surface area contributed by atoms with Crippen molar-refractivity contribution in [1.29, 1.82) is 0 Å². The van der Waals surface area contributed by atoms with E-state index in [1.54, 1.807) is 0 Å². The van der Waals surface area contributed by atoms with Gasteiger partial charge >= 0.3 is 6.03 Å². The summed E-state index contributed by atoms with van der Waals surface area (Å²) in [5.74, 6) is 0.438. The molecule has 6 nitrogen and oxygen atoms in total. The summed E-state index contributed by atoms with van der Waals surface area (Å²) >= 11 is 0. The molecular weight excluding hydrogens is 349 g/mol. The minimum absolute atomic E-state index is 0.341. The molecule has 1 fully saturated rings. The summed E-state index contributed by atoms with van der Waals surface area (Å²) in [7, 11) is 0. The number of morpholine rings is 1. The number of hydrogen-bond donors (Lipinski definition) is 2. The first-order chi connectivity index (χ1) is 13.2. The van der Waals surface area contributed by atoms with Crippen molar-refractivity contribution in [2.24, 2.45) is 0 Å². The number of nitrogens with zero attached hydrogens (tertiary/aromatic N) is 1. The van der Waals surface area contributed by atoms with E-state index in [2.05, 4.69) is 15.5 Å². The van der Waals surface area contributed by atoms with Crippen molar-refractivity contribution in [2.75, 3.05) is 44.8 Å². The highest BCUT2D eigenvalue weighted by Crippen LogP contribution is 2.14. The third-order valence-corrected chi connectivity index (χ3v) is 4.23. The van der Waals surface area contributed by atoms with Crippen molar-refractivity contribution < 1.29 is 18.7 Å². The van der Waals surface area contributed by atoms with Crippen LogP contribution < -0.4 is 15.4 Å². The number of amides is 2. The minimum atomic E-state index is -0.347. The zero-order chi connectivity index (χ0) is 18.9. The lowest BCUT2D eigenvalue weighted by Gasteiger charge is -2.26. The van der Waals surface area contributed by atoms with Gasteiger partial charge in [-0.15, -0.1) is 0 Å². The first kappa shape index (κ1) is 19.1. The standard InChI is InChI=1S/C20H24FN3O3/c21-17-4-6-18(7-5-17)23-20(25)22-15-16-2-1-3-19(14-16)27-13-10-24-8-11-26-12-9-24/h1-7,14H,8-13,15H2,(H2,22,23,25). The number of nitrogens with one attached hydrogen (secondary N) is 2. The third kappa shape index (κ3) is 6.54. The van der Waals surface area contributed by atoms with Gasteiger partial charge in [0.2, 0.25) is 0 Å². The van der Waals surface area contributed by atoms with E-state index < -0.39 is 0 Å². The van der Waals surface area contributed by atoms with Gasteiger partial charge in [-0.05, 0) is 42.0 Å². The molecule has 2 N–H and O–H groups in total. The van der Waals surface area contributed by atoms with Gasteiger partial charge in [0.15, 0.2) is 0 Å². The minimum Gasteiger partial charge on any atom is -0.492 e. The molecule has 2 aromatic rings. The molecule has 27 heavy (non-hydrogen) atoms. The van der Waals surface area contributed by atoms with Gasteiger partial charge in [-0.3, -0.25) is 4.90 Å². The monoisotopic (exact) mass is 373 g/mol. The van der Waals surface area contributed by atoms with Crippen molar-refractivity contribution in [2.45, 2.75) is 6.54 Å². The van der Waals surface area contributed by atoms with Gasteiger partial charge in [-0.2, -0.15) is 0 Å². The number of ether oxygens (including phenoxy) is 2. The summed E-state index contributed by atoms with van der Waals surface area (Å²) in [5, 5.41) is 5.44. The molecule has 1 aliphatic rings. The highest BCUT2D eigenvalue weighted by molar-refractivity contribution is 5.89.